The van der Waals surface area contributed by atoms with E-state index in [1.54, 1.807) is 14.2 Å². The molecule has 0 amide bonds. The maximum atomic E-state index is 11.3. The molecule has 1 aromatic rings. The van der Waals surface area contributed by atoms with Crippen LogP contribution in [-0.2, 0) is 20.8 Å². The van der Waals surface area contributed by atoms with Crippen LogP contribution in [-0.4, -0.2) is 51.9 Å². The van der Waals surface area contributed by atoms with Crippen LogP contribution in [0.3, 0.4) is 0 Å². The molecule has 0 bridgehead atoms. The van der Waals surface area contributed by atoms with E-state index >= 15 is 0 Å². The smallest absolute Gasteiger partial charge is 0.306 e. The molecule has 0 N–H and O–H groups in total. The van der Waals surface area contributed by atoms with Gasteiger partial charge < -0.3 is 14.2 Å². The van der Waals surface area contributed by atoms with Gasteiger partial charge in [-0.2, -0.15) is 0 Å². The Hall–Kier alpha value is -1.11. The maximum absolute atomic E-state index is 11.3. The molecule has 0 spiro atoms. The quantitative estimate of drug-likeness (QED) is 0.634. The summed E-state index contributed by atoms with van der Waals surface area (Å²) in [5.74, 6) is 0.606. The normalized spacial score (nSPS) is 10.7. The lowest BCUT2D eigenvalue weighted by Gasteiger charge is -2.22. The second kappa shape index (κ2) is 9.76. The van der Waals surface area contributed by atoms with Gasteiger partial charge in [0.1, 0.15) is 5.75 Å². The van der Waals surface area contributed by atoms with E-state index in [1.165, 1.54) is 7.11 Å². The summed E-state index contributed by atoms with van der Waals surface area (Å²) in [5.41, 5.74) is 1.11. The highest BCUT2D eigenvalue weighted by molar-refractivity contribution is 9.10. The van der Waals surface area contributed by atoms with Crippen molar-refractivity contribution < 1.29 is 19.0 Å². The van der Waals surface area contributed by atoms with Gasteiger partial charge in [-0.05, 0) is 23.8 Å². The van der Waals surface area contributed by atoms with Crippen LogP contribution in [0.1, 0.15) is 12.0 Å². The second-order valence-electron chi connectivity index (χ2n) is 4.55. The first-order valence-corrected chi connectivity index (χ1v) is 7.50. The van der Waals surface area contributed by atoms with Crippen LogP contribution in [0.25, 0.3) is 0 Å². The molecule has 5 nitrogen and oxygen atoms in total. The molecule has 0 radical (unpaired) electrons. The summed E-state index contributed by atoms with van der Waals surface area (Å²) >= 11 is 3.54. The van der Waals surface area contributed by atoms with Gasteiger partial charge in [-0.3, -0.25) is 9.69 Å². The van der Waals surface area contributed by atoms with Crippen molar-refractivity contribution in [1.29, 1.82) is 0 Å². The highest BCUT2D eigenvalue weighted by Crippen LogP contribution is 2.23. The fourth-order valence-electron chi connectivity index (χ4n) is 1.88. The molecule has 0 saturated carbocycles. The Morgan fingerprint density at radius 1 is 1.24 bits per heavy atom. The minimum absolute atomic E-state index is 0.206. The summed E-state index contributed by atoms with van der Waals surface area (Å²) in [7, 11) is 4.72. The number of rotatable bonds is 9. The van der Waals surface area contributed by atoms with Crippen molar-refractivity contribution in [3.05, 3.63) is 28.2 Å². The van der Waals surface area contributed by atoms with E-state index in [4.69, 9.17) is 9.47 Å². The van der Waals surface area contributed by atoms with Crippen LogP contribution in [0.4, 0.5) is 0 Å². The number of nitrogens with zero attached hydrogens (tertiary/aromatic N) is 1. The van der Waals surface area contributed by atoms with Crippen LogP contribution in [0, 0.1) is 0 Å². The summed E-state index contributed by atoms with van der Waals surface area (Å²) in [6.45, 7) is 2.69. The van der Waals surface area contributed by atoms with Crippen molar-refractivity contribution in [2.75, 3.05) is 41.0 Å². The molecule has 0 unspecified atom stereocenters. The van der Waals surface area contributed by atoms with E-state index in [2.05, 4.69) is 25.6 Å². The Bertz CT molecular complexity index is 453. The molecule has 1 aromatic carbocycles. The summed E-state index contributed by atoms with van der Waals surface area (Å²) in [5, 5.41) is 0. The van der Waals surface area contributed by atoms with Crippen LogP contribution in [0.5, 0.6) is 5.75 Å². The largest absolute Gasteiger partial charge is 0.497 e. The van der Waals surface area contributed by atoms with Crippen molar-refractivity contribution in [2.24, 2.45) is 0 Å². The monoisotopic (exact) mass is 359 g/mol. The van der Waals surface area contributed by atoms with E-state index in [0.29, 0.717) is 26.1 Å². The van der Waals surface area contributed by atoms with Gasteiger partial charge in [-0.1, -0.05) is 15.9 Å². The van der Waals surface area contributed by atoms with Gasteiger partial charge in [0, 0.05) is 31.2 Å². The fraction of sp³-hybridized carbons (Fsp3) is 0.533. The zero-order valence-corrected chi connectivity index (χ0v) is 14.3. The number of esters is 1. The van der Waals surface area contributed by atoms with Crippen molar-refractivity contribution in [1.82, 2.24) is 4.90 Å². The molecule has 0 saturated heterocycles. The van der Waals surface area contributed by atoms with Crippen molar-refractivity contribution >= 4 is 21.9 Å². The number of benzene rings is 1. The standard InChI is InChI=1S/C15H22BrNO4/c1-19-9-8-17(7-6-15(18)21-3)11-12-10-13(20-2)4-5-14(12)16/h4-5,10H,6-9,11H2,1-3H3. The molecule has 0 aromatic heterocycles. The average molecular weight is 360 g/mol. The molecule has 6 heteroatoms. The zero-order valence-electron chi connectivity index (χ0n) is 12.7. The minimum atomic E-state index is -0.206. The molecule has 0 heterocycles. The molecule has 1 rings (SSSR count). The number of ether oxygens (including phenoxy) is 3. The van der Waals surface area contributed by atoms with E-state index in [-0.39, 0.29) is 5.97 Å². The Balaban J connectivity index is 2.72. The number of hydrogen-bond donors (Lipinski definition) is 0. The van der Waals surface area contributed by atoms with Crippen LogP contribution in [0.2, 0.25) is 0 Å². The minimum Gasteiger partial charge on any atom is -0.497 e. The lowest BCUT2D eigenvalue weighted by Crippen LogP contribution is -2.29. The fourth-order valence-corrected chi connectivity index (χ4v) is 2.25. The molecule has 0 aliphatic carbocycles. The number of halogens is 1. The summed E-state index contributed by atoms with van der Waals surface area (Å²) < 4.78 is 16.1. The summed E-state index contributed by atoms with van der Waals surface area (Å²) in [4.78, 5) is 13.5. The first-order chi connectivity index (χ1) is 10.1. The van der Waals surface area contributed by atoms with E-state index in [1.807, 2.05) is 18.2 Å². The van der Waals surface area contributed by atoms with Crippen molar-refractivity contribution in [2.45, 2.75) is 13.0 Å². The van der Waals surface area contributed by atoms with Crippen LogP contribution < -0.4 is 4.74 Å². The van der Waals surface area contributed by atoms with Crippen LogP contribution >= 0.6 is 15.9 Å². The Kier molecular flexibility index (Phi) is 8.34. The van der Waals surface area contributed by atoms with Crippen molar-refractivity contribution in [3.63, 3.8) is 0 Å². The van der Waals surface area contributed by atoms with Gasteiger partial charge in [0.15, 0.2) is 0 Å². The van der Waals surface area contributed by atoms with Gasteiger partial charge in [0.05, 0.1) is 27.2 Å². The highest BCUT2D eigenvalue weighted by Gasteiger charge is 2.11. The molecule has 0 fully saturated rings. The van der Waals surface area contributed by atoms with Crippen molar-refractivity contribution in [3.8, 4) is 5.75 Å². The van der Waals surface area contributed by atoms with Gasteiger partial charge in [0.2, 0.25) is 0 Å². The predicted octanol–water partition coefficient (Wildman–Crippen LogP) is 2.47. The summed E-state index contributed by atoms with van der Waals surface area (Å²) in [6, 6.07) is 5.85. The van der Waals surface area contributed by atoms with E-state index in [9.17, 15) is 4.79 Å². The SMILES string of the molecule is COCCN(CCC(=O)OC)Cc1cc(OC)ccc1Br. The number of carbonyl (C=O) groups is 1. The predicted molar refractivity (Wildman–Crippen MR) is 84.5 cm³/mol. The molecular weight excluding hydrogens is 338 g/mol. The molecule has 21 heavy (non-hydrogen) atoms. The third-order valence-corrected chi connectivity index (χ3v) is 3.89. The number of hydrogen-bond acceptors (Lipinski definition) is 5. The molecule has 0 atom stereocenters. The summed E-state index contributed by atoms with van der Waals surface area (Å²) in [6.07, 6.45) is 0.363. The third kappa shape index (κ3) is 6.46. The van der Waals surface area contributed by atoms with Gasteiger partial charge >= 0.3 is 5.97 Å². The van der Waals surface area contributed by atoms with E-state index in [0.717, 1.165) is 22.3 Å². The lowest BCUT2D eigenvalue weighted by atomic mass is 10.2. The maximum Gasteiger partial charge on any atom is 0.306 e. The van der Waals surface area contributed by atoms with Gasteiger partial charge in [-0.15, -0.1) is 0 Å². The molecule has 0 aliphatic heterocycles. The van der Waals surface area contributed by atoms with Gasteiger partial charge in [0.25, 0.3) is 0 Å². The topological polar surface area (TPSA) is 48.0 Å². The van der Waals surface area contributed by atoms with Crippen LogP contribution in [0.15, 0.2) is 22.7 Å². The molecule has 118 valence electrons. The second-order valence-corrected chi connectivity index (χ2v) is 5.41. The Morgan fingerprint density at radius 2 is 2.00 bits per heavy atom. The Morgan fingerprint density at radius 3 is 2.62 bits per heavy atom. The Labute approximate surface area is 134 Å². The number of carbonyl (C=O) groups excluding carboxylic acids is 1. The molecular formula is C15H22BrNO4. The first kappa shape index (κ1) is 17.9. The third-order valence-electron chi connectivity index (χ3n) is 3.12. The van der Waals surface area contributed by atoms with E-state index < -0.39 is 0 Å². The lowest BCUT2D eigenvalue weighted by molar-refractivity contribution is -0.141. The zero-order chi connectivity index (χ0) is 15.7. The number of methoxy groups -OCH3 is 3. The first-order valence-electron chi connectivity index (χ1n) is 6.71. The molecule has 0 aliphatic rings. The van der Waals surface area contributed by atoms with Gasteiger partial charge in [-0.25, -0.2) is 0 Å². The average Bonchev–Trinajstić information content (AvgIpc) is 2.51. The highest BCUT2D eigenvalue weighted by atomic mass is 79.9.